The molecule has 1 unspecified atom stereocenters. The zero-order valence-electron chi connectivity index (χ0n) is 14.9. The monoisotopic (exact) mass is 390 g/mol. The molecule has 0 heterocycles. The van der Waals surface area contributed by atoms with E-state index in [1.165, 1.54) is 6.92 Å². The molecular formula is C16H26N2O9. The van der Waals surface area contributed by atoms with Crippen LogP contribution in [-0.4, -0.2) is 85.6 Å². The van der Waals surface area contributed by atoms with Crippen LogP contribution < -0.4 is 10.6 Å². The second kappa shape index (κ2) is 9.74. The van der Waals surface area contributed by atoms with Crippen molar-refractivity contribution in [3.63, 3.8) is 0 Å². The highest BCUT2D eigenvalue weighted by molar-refractivity contribution is 5.90. The minimum absolute atomic E-state index is 0.0811. The molecule has 11 heteroatoms. The smallest absolute Gasteiger partial charge is 0.303 e. The standard InChI is InChI=1S/C16H26N2O9/c1-8(19)9(2-3-14(24)25)18-13(23)7-17-12(22)6-16(27)4-10(20)15(26)11(21)5-16/h9-11,15,20-21,26-27H,2-7H2,1H3,(H,17,22)(H,18,23)(H,24,25)/t9?,10-,11-,15?,16?/m1/s1. The van der Waals surface area contributed by atoms with Gasteiger partial charge in [-0.2, -0.15) is 0 Å². The molecule has 1 fully saturated rings. The quantitative estimate of drug-likeness (QED) is 0.215. The van der Waals surface area contributed by atoms with Crippen LogP contribution in [0.1, 0.15) is 39.0 Å². The molecule has 1 aliphatic carbocycles. The second-order valence-corrected chi connectivity index (χ2v) is 6.87. The Balaban J connectivity index is 2.47. The molecule has 1 rings (SSSR count). The number of carboxylic acids is 1. The maximum Gasteiger partial charge on any atom is 0.303 e. The normalized spacial score (nSPS) is 28.9. The van der Waals surface area contributed by atoms with Crippen molar-refractivity contribution in [3.05, 3.63) is 0 Å². The van der Waals surface area contributed by atoms with Gasteiger partial charge in [0.25, 0.3) is 0 Å². The Hall–Kier alpha value is -2.08. The lowest BCUT2D eigenvalue weighted by atomic mass is 9.77. The second-order valence-electron chi connectivity index (χ2n) is 6.87. The van der Waals surface area contributed by atoms with E-state index in [-0.39, 0.29) is 25.7 Å². The number of nitrogens with one attached hydrogen (secondary N) is 2. The largest absolute Gasteiger partial charge is 0.481 e. The number of carbonyl (C=O) groups excluding carboxylic acids is 3. The fourth-order valence-corrected chi connectivity index (χ4v) is 2.93. The van der Waals surface area contributed by atoms with Crippen molar-refractivity contribution >= 4 is 23.6 Å². The molecule has 0 saturated heterocycles. The van der Waals surface area contributed by atoms with E-state index in [4.69, 9.17) is 5.11 Å². The number of rotatable bonds is 9. The Morgan fingerprint density at radius 3 is 2.11 bits per heavy atom. The number of Topliss-reactive ketones (excluding diaryl/α,β-unsaturated/α-hetero) is 1. The van der Waals surface area contributed by atoms with Gasteiger partial charge in [-0.1, -0.05) is 0 Å². The predicted molar refractivity (Wildman–Crippen MR) is 89.3 cm³/mol. The van der Waals surface area contributed by atoms with Crippen molar-refractivity contribution in [3.8, 4) is 0 Å². The summed E-state index contributed by atoms with van der Waals surface area (Å²) in [4.78, 5) is 45.7. The zero-order valence-corrected chi connectivity index (χ0v) is 14.9. The molecule has 27 heavy (non-hydrogen) atoms. The van der Waals surface area contributed by atoms with Gasteiger partial charge in [0.15, 0.2) is 5.78 Å². The first-order valence-electron chi connectivity index (χ1n) is 8.48. The Kier molecular flexibility index (Phi) is 8.28. The van der Waals surface area contributed by atoms with E-state index < -0.39 is 66.5 Å². The van der Waals surface area contributed by atoms with E-state index in [9.17, 15) is 39.6 Å². The fraction of sp³-hybridized carbons (Fsp3) is 0.750. The minimum Gasteiger partial charge on any atom is -0.481 e. The molecule has 1 aliphatic rings. The maximum atomic E-state index is 11.9. The molecule has 2 amide bonds. The molecule has 0 aliphatic heterocycles. The summed E-state index contributed by atoms with van der Waals surface area (Å²) >= 11 is 0. The van der Waals surface area contributed by atoms with Gasteiger partial charge in [-0.25, -0.2) is 0 Å². The van der Waals surface area contributed by atoms with E-state index in [1.807, 2.05) is 0 Å². The molecule has 0 aromatic carbocycles. The Morgan fingerprint density at radius 1 is 1.07 bits per heavy atom. The molecule has 1 saturated carbocycles. The van der Waals surface area contributed by atoms with Crippen LogP contribution in [0.15, 0.2) is 0 Å². The molecule has 0 bridgehead atoms. The molecule has 3 atom stereocenters. The van der Waals surface area contributed by atoms with Gasteiger partial charge >= 0.3 is 5.97 Å². The van der Waals surface area contributed by atoms with Gasteiger partial charge in [-0.3, -0.25) is 19.2 Å². The van der Waals surface area contributed by atoms with Crippen LogP contribution in [-0.2, 0) is 19.2 Å². The average molecular weight is 390 g/mol. The molecule has 0 radical (unpaired) electrons. The number of hydrogen-bond donors (Lipinski definition) is 7. The van der Waals surface area contributed by atoms with Crippen LogP contribution in [0.25, 0.3) is 0 Å². The Morgan fingerprint density at radius 2 is 1.63 bits per heavy atom. The van der Waals surface area contributed by atoms with Gasteiger partial charge in [0.05, 0.1) is 36.8 Å². The van der Waals surface area contributed by atoms with Crippen LogP contribution in [0.4, 0.5) is 0 Å². The fourth-order valence-electron chi connectivity index (χ4n) is 2.93. The molecule has 0 aromatic rings. The van der Waals surface area contributed by atoms with Crippen LogP contribution in [0.3, 0.4) is 0 Å². The van der Waals surface area contributed by atoms with Gasteiger partial charge in [0, 0.05) is 19.3 Å². The lowest BCUT2D eigenvalue weighted by Gasteiger charge is -2.39. The third-order valence-corrected chi connectivity index (χ3v) is 4.38. The predicted octanol–water partition coefficient (Wildman–Crippen LogP) is -2.96. The summed E-state index contributed by atoms with van der Waals surface area (Å²) in [6, 6.07) is -0.986. The number of aliphatic hydroxyl groups excluding tert-OH is 3. The van der Waals surface area contributed by atoms with E-state index in [0.717, 1.165) is 0 Å². The van der Waals surface area contributed by atoms with Crippen molar-refractivity contribution in [2.75, 3.05) is 6.54 Å². The zero-order chi connectivity index (χ0) is 20.8. The molecule has 0 spiro atoms. The third kappa shape index (κ3) is 7.59. The number of aliphatic carboxylic acids is 1. The van der Waals surface area contributed by atoms with Gasteiger partial charge < -0.3 is 36.2 Å². The van der Waals surface area contributed by atoms with E-state index in [0.29, 0.717) is 0 Å². The summed E-state index contributed by atoms with van der Waals surface area (Å²) in [5.41, 5.74) is -1.73. The lowest BCUT2D eigenvalue weighted by Crippen LogP contribution is -2.54. The first-order valence-corrected chi connectivity index (χ1v) is 8.48. The lowest BCUT2D eigenvalue weighted by molar-refractivity contribution is -0.161. The van der Waals surface area contributed by atoms with Crippen LogP contribution in [0.2, 0.25) is 0 Å². The van der Waals surface area contributed by atoms with Gasteiger partial charge in [-0.15, -0.1) is 0 Å². The van der Waals surface area contributed by atoms with Crippen molar-refractivity contribution < 1.29 is 44.7 Å². The first kappa shape index (κ1) is 23.0. The summed E-state index contributed by atoms with van der Waals surface area (Å²) in [6.07, 6.45) is -5.70. The van der Waals surface area contributed by atoms with E-state index in [1.54, 1.807) is 0 Å². The Bertz CT molecular complexity index is 568. The number of carboxylic acid groups (broad SMARTS) is 1. The van der Waals surface area contributed by atoms with Crippen molar-refractivity contribution in [2.24, 2.45) is 0 Å². The number of hydrogen-bond acceptors (Lipinski definition) is 8. The van der Waals surface area contributed by atoms with Gasteiger partial charge in [0.2, 0.25) is 11.8 Å². The highest BCUT2D eigenvalue weighted by Crippen LogP contribution is 2.31. The molecule has 11 nitrogen and oxygen atoms in total. The highest BCUT2D eigenvalue weighted by Gasteiger charge is 2.44. The summed E-state index contributed by atoms with van der Waals surface area (Å²) in [5, 5.41) is 52.2. The van der Waals surface area contributed by atoms with Gasteiger partial charge in [0.1, 0.15) is 6.10 Å². The van der Waals surface area contributed by atoms with Crippen LogP contribution >= 0.6 is 0 Å². The summed E-state index contributed by atoms with van der Waals surface area (Å²) in [7, 11) is 0. The first-order chi connectivity index (χ1) is 12.4. The maximum absolute atomic E-state index is 11.9. The molecule has 0 aromatic heterocycles. The molecular weight excluding hydrogens is 364 g/mol. The van der Waals surface area contributed by atoms with E-state index >= 15 is 0 Å². The molecule has 154 valence electrons. The summed E-state index contributed by atoms with van der Waals surface area (Å²) in [6.45, 7) is 0.703. The third-order valence-electron chi connectivity index (χ3n) is 4.38. The van der Waals surface area contributed by atoms with Crippen molar-refractivity contribution in [2.45, 2.75) is 69.0 Å². The minimum atomic E-state index is -1.73. The van der Waals surface area contributed by atoms with E-state index in [2.05, 4.69) is 10.6 Å². The number of aliphatic hydroxyl groups is 4. The molecule has 7 N–H and O–H groups in total. The summed E-state index contributed by atoms with van der Waals surface area (Å²) < 4.78 is 0. The number of amides is 2. The number of ketones is 1. The van der Waals surface area contributed by atoms with Crippen molar-refractivity contribution in [1.82, 2.24) is 10.6 Å². The SMILES string of the molecule is CC(=O)C(CCC(=O)O)NC(=O)CNC(=O)CC1(O)C[C@@H](O)C(O)[C@H](O)C1. The topological polar surface area (TPSA) is 193 Å². The summed E-state index contributed by atoms with van der Waals surface area (Å²) in [5.74, 6) is -2.97. The van der Waals surface area contributed by atoms with Crippen LogP contribution in [0.5, 0.6) is 0 Å². The Labute approximate surface area is 155 Å². The highest BCUT2D eigenvalue weighted by atomic mass is 16.4. The number of carbonyl (C=O) groups is 4. The van der Waals surface area contributed by atoms with Crippen molar-refractivity contribution in [1.29, 1.82) is 0 Å². The van der Waals surface area contributed by atoms with Crippen LogP contribution in [0, 0.1) is 0 Å². The van der Waals surface area contributed by atoms with Gasteiger partial charge in [-0.05, 0) is 13.3 Å². The average Bonchev–Trinajstić information content (AvgIpc) is 2.53.